The molecule has 8 nitrogen and oxygen atoms in total. The van der Waals surface area contributed by atoms with Crippen molar-refractivity contribution in [3.63, 3.8) is 0 Å². The lowest BCUT2D eigenvalue weighted by molar-refractivity contribution is 0.0729. The van der Waals surface area contributed by atoms with Crippen LogP contribution in [0.3, 0.4) is 0 Å². The first kappa shape index (κ1) is 21.7. The maximum Gasteiger partial charge on any atom is 0.259 e. The number of hydrogen-bond donors (Lipinski definition) is 1. The standard InChI is InChI=1S/C23H19ClN2O6S/c24-15-6-7-19-18(12-15)25-23(27)17-13-22(33(28,29)26-8-10-30-11-9-26)21(14-20(17)32-19)31-16-4-2-1-3-5-16/h1-7,12-14H,8-11H2,(H,25,27). The first-order chi connectivity index (χ1) is 15.9. The van der Waals surface area contributed by atoms with Crippen molar-refractivity contribution in [1.82, 2.24) is 4.31 Å². The highest BCUT2D eigenvalue weighted by atomic mass is 35.5. The van der Waals surface area contributed by atoms with E-state index in [1.807, 2.05) is 6.07 Å². The second kappa shape index (κ2) is 8.68. The Bertz CT molecular complexity index is 1320. The summed E-state index contributed by atoms with van der Waals surface area (Å²) in [5, 5.41) is 3.15. The molecule has 1 N–H and O–H groups in total. The van der Waals surface area contributed by atoms with Gasteiger partial charge in [0, 0.05) is 24.2 Å². The van der Waals surface area contributed by atoms with Crippen molar-refractivity contribution in [2.45, 2.75) is 4.90 Å². The van der Waals surface area contributed by atoms with Crippen LogP contribution in [-0.2, 0) is 14.8 Å². The summed E-state index contributed by atoms with van der Waals surface area (Å²) in [6.45, 7) is 0.991. The van der Waals surface area contributed by atoms with Crippen molar-refractivity contribution < 1.29 is 27.4 Å². The molecule has 2 aliphatic rings. The Hall–Kier alpha value is -3.11. The van der Waals surface area contributed by atoms with Crippen LogP contribution in [0.5, 0.6) is 23.0 Å². The van der Waals surface area contributed by atoms with Gasteiger partial charge in [-0.25, -0.2) is 8.42 Å². The number of benzene rings is 3. The van der Waals surface area contributed by atoms with Crippen LogP contribution >= 0.6 is 11.6 Å². The van der Waals surface area contributed by atoms with Crippen LogP contribution in [-0.4, -0.2) is 44.9 Å². The molecule has 0 radical (unpaired) electrons. The smallest absolute Gasteiger partial charge is 0.259 e. The molecule has 10 heteroatoms. The van der Waals surface area contributed by atoms with E-state index in [9.17, 15) is 13.2 Å². The Labute approximate surface area is 195 Å². The summed E-state index contributed by atoms with van der Waals surface area (Å²) in [5.74, 6) is 0.523. The van der Waals surface area contributed by atoms with Crippen LogP contribution in [0, 0.1) is 0 Å². The van der Waals surface area contributed by atoms with E-state index in [4.69, 9.17) is 25.8 Å². The average molecular weight is 487 g/mol. The topological polar surface area (TPSA) is 94.2 Å². The van der Waals surface area contributed by atoms with E-state index < -0.39 is 15.9 Å². The second-order valence-electron chi connectivity index (χ2n) is 7.42. The van der Waals surface area contributed by atoms with Crippen LogP contribution in [0.2, 0.25) is 5.02 Å². The summed E-state index contributed by atoms with van der Waals surface area (Å²) >= 11 is 6.05. The average Bonchev–Trinajstić information content (AvgIpc) is 2.95. The van der Waals surface area contributed by atoms with E-state index in [1.54, 1.807) is 42.5 Å². The number of rotatable bonds is 4. The zero-order valence-corrected chi connectivity index (χ0v) is 18.9. The molecule has 0 aliphatic carbocycles. The summed E-state index contributed by atoms with van der Waals surface area (Å²) in [4.78, 5) is 12.9. The van der Waals surface area contributed by atoms with Gasteiger partial charge in [-0.15, -0.1) is 0 Å². The van der Waals surface area contributed by atoms with Crippen LogP contribution in [0.15, 0.2) is 65.6 Å². The Morgan fingerprint density at radius 2 is 1.73 bits per heavy atom. The highest BCUT2D eigenvalue weighted by molar-refractivity contribution is 7.89. The monoisotopic (exact) mass is 486 g/mol. The van der Waals surface area contributed by atoms with Crippen LogP contribution in [0.25, 0.3) is 0 Å². The first-order valence-electron chi connectivity index (χ1n) is 10.2. The van der Waals surface area contributed by atoms with E-state index >= 15 is 0 Å². The molecular formula is C23H19ClN2O6S. The molecule has 2 aliphatic heterocycles. The number of anilines is 1. The molecule has 3 aromatic carbocycles. The summed E-state index contributed by atoms with van der Waals surface area (Å²) in [5.41, 5.74) is 0.446. The number of hydrogen-bond acceptors (Lipinski definition) is 6. The predicted octanol–water partition coefficient (Wildman–Crippen LogP) is 4.51. The lowest BCUT2D eigenvalue weighted by Crippen LogP contribution is -2.40. The molecule has 1 saturated heterocycles. The minimum absolute atomic E-state index is 0.0525. The third-order valence-electron chi connectivity index (χ3n) is 5.26. The molecule has 170 valence electrons. The quantitative estimate of drug-likeness (QED) is 0.583. The fourth-order valence-electron chi connectivity index (χ4n) is 3.62. The van der Waals surface area contributed by atoms with Gasteiger partial charge in [0.2, 0.25) is 10.0 Å². The lowest BCUT2D eigenvalue weighted by Gasteiger charge is -2.27. The van der Waals surface area contributed by atoms with E-state index in [0.717, 1.165) is 0 Å². The SMILES string of the molecule is O=C1Nc2cc(Cl)ccc2Oc2cc(Oc3ccccc3)c(S(=O)(=O)N3CCOCC3)cc21. The molecule has 2 heterocycles. The zero-order valence-electron chi connectivity index (χ0n) is 17.3. The molecule has 5 rings (SSSR count). The molecule has 33 heavy (non-hydrogen) atoms. The van der Waals surface area contributed by atoms with Crippen molar-refractivity contribution in [2.24, 2.45) is 0 Å². The van der Waals surface area contributed by atoms with Gasteiger partial charge in [-0.3, -0.25) is 4.79 Å². The van der Waals surface area contributed by atoms with Gasteiger partial charge < -0.3 is 19.5 Å². The molecule has 3 aromatic rings. The van der Waals surface area contributed by atoms with Crippen LogP contribution in [0.1, 0.15) is 10.4 Å². The number of carbonyl (C=O) groups is 1. The third-order valence-corrected chi connectivity index (χ3v) is 7.41. The number of sulfonamides is 1. The van der Waals surface area contributed by atoms with Gasteiger partial charge in [-0.05, 0) is 36.4 Å². The summed E-state index contributed by atoms with van der Waals surface area (Å²) in [6.07, 6.45) is 0. The molecule has 1 fully saturated rings. The number of carbonyl (C=O) groups excluding carboxylic acids is 1. The van der Waals surface area contributed by atoms with E-state index in [0.29, 0.717) is 35.4 Å². The van der Waals surface area contributed by atoms with Gasteiger partial charge in [-0.2, -0.15) is 4.31 Å². The van der Waals surface area contributed by atoms with E-state index in [-0.39, 0.29) is 35.0 Å². The number of ether oxygens (including phenoxy) is 3. The molecule has 0 bridgehead atoms. The lowest BCUT2D eigenvalue weighted by atomic mass is 10.1. The van der Waals surface area contributed by atoms with Gasteiger partial charge in [0.15, 0.2) is 11.5 Å². The number of halogens is 1. The molecule has 0 unspecified atom stereocenters. The molecule has 0 saturated carbocycles. The Balaban J connectivity index is 1.65. The zero-order chi connectivity index (χ0) is 23.0. The summed E-state index contributed by atoms with van der Waals surface area (Å²) in [7, 11) is -3.98. The number of para-hydroxylation sites is 1. The van der Waals surface area contributed by atoms with E-state index in [2.05, 4.69) is 5.32 Å². The highest BCUT2D eigenvalue weighted by Crippen LogP contribution is 2.42. The maximum absolute atomic E-state index is 13.5. The number of fused-ring (bicyclic) bond motifs is 2. The van der Waals surface area contributed by atoms with Gasteiger partial charge in [0.05, 0.1) is 24.5 Å². The van der Waals surface area contributed by atoms with Crippen LogP contribution < -0.4 is 14.8 Å². The number of nitrogens with one attached hydrogen (secondary N) is 1. The first-order valence-corrected chi connectivity index (χ1v) is 12.0. The second-order valence-corrected chi connectivity index (χ2v) is 9.77. The maximum atomic E-state index is 13.5. The molecular weight excluding hydrogens is 468 g/mol. The molecule has 0 spiro atoms. The van der Waals surface area contributed by atoms with Gasteiger partial charge in [0.25, 0.3) is 5.91 Å². The normalized spacial score (nSPS) is 16.1. The van der Waals surface area contributed by atoms with Crippen molar-refractivity contribution >= 4 is 33.2 Å². The van der Waals surface area contributed by atoms with Crippen molar-refractivity contribution in [1.29, 1.82) is 0 Å². The fourth-order valence-corrected chi connectivity index (χ4v) is 5.32. The Kier molecular flexibility index (Phi) is 5.71. The summed E-state index contributed by atoms with van der Waals surface area (Å²) in [6, 6.07) is 16.3. The van der Waals surface area contributed by atoms with Crippen molar-refractivity contribution in [2.75, 3.05) is 31.6 Å². The van der Waals surface area contributed by atoms with Crippen molar-refractivity contribution in [3.8, 4) is 23.0 Å². The van der Waals surface area contributed by atoms with Gasteiger partial charge in [0.1, 0.15) is 16.4 Å². The fraction of sp³-hybridized carbons (Fsp3) is 0.174. The van der Waals surface area contributed by atoms with Gasteiger partial charge in [-0.1, -0.05) is 29.8 Å². The largest absolute Gasteiger partial charge is 0.456 e. The number of amides is 1. The van der Waals surface area contributed by atoms with Crippen LogP contribution in [0.4, 0.5) is 5.69 Å². The predicted molar refractivity (Wildman–Crippen MR) is 122 cm³/mol. The van der Waals surface area contributed by atoms with Gasteiger partial charge >= 0.3 is 0 Å². The minimum atomic E-state index is -3.98. The third kappa shape index (κ3) is 4.28. The number of morpholine rings is 1. The molecule has 1 amide bonds. The Morgan fingerprint density at radius 3 is 2.48 bits per heavy atom. The number of nitrogens with zero attached hydrogens (tertiary/aromatic N) is 1. The molecule has 0 atom stereocenters. The van der Waals surface area contributed by atoms with E-state index in [1.165, 1.54) is 16.4 Å². The van der Waals surface area contributed by atoms with Crippen molar-refractivity contribution in [3.05, 3.63) is 71.2 Å². The Morgan fingerprint density at radius 1 is 0.970 bits per heavy atom. The highest BCUT2D eigenvalue weighted by Gasteiger charge is 2.33. The summed E-state index contributed by atoms with van der Waals surface area (Å²) < 4.78 is 45.6. The molecule has 0 aromatic heterocycles. The minimum Gasteiger partial charge on any atom is -0.456 e.